The van der Waals surface area contributed by atoms with Gasteiger partial charge in [0.25, 0.3) is 0 Å². The van der Waals surface area contributed by atoms with Gasteiger partial charge >= 0.3 is 0 Å². The number of fused-ring (bicyclic) bond motifs is 2. The van der Waals surface area contributed by atoms with E-state index in [9.17, 15) is 5.11 Å². The summed E-state index contributed by atoms with van der Waals surface area (Å²) in [4.78, 5) is 0. The molecule has 0 aromatic rings. The highest BCUT2D eigenvalue weighted by molar-refractivity contribution is 5.07. The van der Waals surface area contributed by atoms with Gasteiger partial charge < -0.3 is 5.11 Å². The minimum Gasteiger partial charge on any atom is -0.375 e. The van der Waals surface area contributed by atoms with E-state index in [0.717, 1.165) is 12.3 Å². The smallest absolute Gasteiger partial charge is 0.151 e. The third-order valence-electron chi connectivity index (χ3n) is 3.69. The third-order valence-corrected chi connectivity index (χ3v) is 3.69. The molecule has 0 spiro atoms. The van der Waals surface area contributed by atoms with Crippen LogP contribution in [0.5, 0.6) is 0 Å². The van der Waals surface area contributed by atoms with Gasteiger partial charge in [-0.1, -0.05) is 6.42 Å². The maximum Gasteiger partial charge on any atom is 0.151 e. The van der Waals surface area contributed by atoms with Gasteiger partial charge in [0.15, 0.2) is 5.60 Å². The van der Waals surface area contributed by atoms with E-state index >= 15 is 0 Å². The van der Waals surface area contributed by atoms with Crippen LogP contribution in [0.2, 0.25) is 0 Å². The van der Waals surface area contributed by atoms with Crippen LogP contribution in [0.15, 0.2) is 0 Å². The molecule has 2 fully saturated rings. The zero-order chi connectivity index (χ0) is 8.77. The zero-order valence-corrected chi connectivity index (χ0v) is 7.45. The fourth-order valence-corrected chi connectivity index (χ4v) is 3.02. The number of hydrogen-bond donors (Lipinski definition) is 1. The van der Waals surface area contributed by atoms with E-state index in [0.29, 0.717) is 5.92 Å². The van der Waals surface area contributed by atoms with Crippen molar-refractivity contribution in [2.24, 2.45) is 17.8 Å². The molecular weight excluding hydrogens is 150 g/mol. The second-order valence-electron chi connectivity index (χ2n) is 4.54. The summed E-state index contributed by atoms with van der Waals surface area (Å²) in [6, 6.07) is 2.02. The summed E-state index contributed by atoms with van der Waals surface area (Å²) in [5.41, 5.74) is -1.07. The van der Waals surface area contributed by atoms with Gasteiger partial charge in [-0.15, -0.1) is 0 Å². The molecule has 2 aliphatic rings. The summed E-state index contributed by atoms with van der Waals surface area (Å²) in [6.45, 7) is 1.67. The Balaban J connectivity index is 2.13. The van der Waals surface area contributed by atoms with Crippen molar-refractivity contribution in [3.8, 4) is 6.07 Å². The monoisotopic (exact) mass is 165 g/mol. The standard InChI is InChI=1S/C10H15NO/c1-10(12,6-11)9-5-7-2-3-8(9)4-7/h7-9,12H,2-5H2,1H3. The first kappa shape index (κ1) is 8.07. The summed E-state index contributed by atoms with van der Waals surface area (Å²) < 4.78 is 0. The highest BCUT2D eigenvalue weighted by Crippen LogP contribution is 2.51. The van der Waals surface area contributed by atoms with Crippen molar-refractivity contribution in [3.63, 3.8) is 0 Å². The van der Waals surface area contributed by atoms with Crippen LogP contribution < -0.4 is 0 Å². The summed E-state index contributed by atoms with van der Waals surface area (Å²) >= 11 is 0. The molecule has 0 aromatic carbocycles. The van der Waals surface area contributed by atoms with Crippen molar-refractivity contribution in [2.75, 3.05) is 0 Å². The number of hydrogen-bond acceptors (Lipinski definition) is 2. The lowest BCUT2D eigenvalue weighted by atomic mass is 9.78. The van der Waals surface area contributed by atoms with Crippen LogP contribution in [0.25, 0.3) is 0 Å². The first-order valence-electron chi connectivity index (χ1n) is 4.77. The molecule has 0 amide bonds. The number of nitriles is 1. The van der Waals surface area contributed by atoms with Crippen LogP contribution in [0.1, 0.15) is 32.6 Å². The molecule has 2 rings (SSSR count). The molecule has 4 atom stereocenters. The van der Waals surface area contributed by atoms with E-state index in [1.54, 1.807) is 6.92 Å². The number of aliphatic hydroxyl groups is 1. The van der Waals surface area contributed by atoms with E-state index in [4.69, 9.17) is 5.26 Å². The maximum absolute atomic E-state index is 9.78. The van der Waals surface area contributed by atoms with Gasteiger partial charge in [-0.05, 0) is 38.0 Å². The first-order chi connectivity index (χ1) is 5.63. The Bertz CT molecular complexity index is 228. The summed E-state index contributed by atoms with van der Waals surface area (Å²) in [5, 5.41) is 18.6. The molecule has 12 heavy (non-hydrogen) atoms. The molecule has 1 N–H and O–H groups in total. The molecule has 0 aromatic heterocycles. The highest BCUT2D eigenvalue weighted by Gasteiger charge is 2.47. The van der Waals surface area contributed by atoms with Crippen LogP contribution in [0.3, 0.4) is 0 Å². The molecule has 0 aliphatic heterocycles. The topological polar surface area (TPSA) is 44.0 Å². The first-order valence-corrected chi connectivity index (χ1v) is 4.77. The molecule has 2 nitrogen and oxygen atoms in total. The quantitative estimate of drug-likeness (QED) is 0.601. The molecule has 0 heterocycles. The lowest BCUT2D eigenvalue weighted by Crippen LogP contribution is -2.36. The summed E-state index contributed by atoms with van der Waals surface area (Å²) in [6.07, 6.45) is 4.88. The lowest BCUT2D eigenvalue weighted by Gasteiger charge is -2.30. The third kappa shape index (κ3) is 1.04. The zero-order valence-electron chi connectivity index (χ0n) is 7.45. The Hall–Kier alpha value is -0.550. The second-order valence-corrected chi connectivity index (χ2v) is 4.54. The minimum absolute atomic E-state index is 0.251. The van der Waals surface area contributed by atoms with Crippen molar-refractivity contribution in [2.45, 2.75) is 38.2 Å². The van der Waals surface area contributed by atoms with Gasteiger partial charge in [0.2, 0.25) is 0 Å². The Morgan fingerprint density at radius 3 is 2.58 bits per heavy atom. The van der Waals surface area contributed by atoms with Crippen LogP contribution in [0, 0.1) is 29.1 Å². The van der Waals surface area contributed by atoms with Crippen molar-refractivity contribution in [1.82, 2.24) is 0 Å². The highest BCUT2D eigenvalue weighted by atomic mass is 16.3. The maximum atomic E-state index is 9.78. The van der Waals surface area contributed by atoms with Crippen molar-refractivity contribution >= 4 is 0 Å². The predicted octanol–water partition coefficient (Wildman–Crippen LogP) is 1.70. The Kier molecular flexibility index (Phi) is 1.66. The summed E-state index contributed by atoms with van der Waals surface area (Å²) in [5.74, 6) is 1.69. The van der Waals surface area contributed by atoms with Gasteiger partial charge in [0.1, 0.15) is 0 Å². The van der Waals surface area contributed by atoms with Gasteiger partial charge in [0.05, 0.1) is 6.07 Å². The van der Waals surface area contributed by atoms with Gasteiger partial charge in [-0.3, -0.25) is 0 Å². The van der Waals surface area contributed by atoms with E-state index in [-0.39, 0.29) is 5.92 Å². The molecule has 0 radical (unpaired) electrons. The molecule has 2 aliphatic carbocycles. The predicted molar refractivity (Wildman–Crippen MR) is 45.2 cm³/mol. The molecular formula is C10H15NO. The van der Waals surface area contributed by atoms with Gasteiger partial charge in [0, 0.05) is 5.92 Å². The SMILES string of the molecule is CC(O)(C#N)C1CC2CCC1C2. The minimum atomic E-state index is -1.07. The van der Waals surface area contributed by atoms with Crippen LogP contribution >= 0.6 is 0 Å². The molecule has 0 saturated heterocycles. The normalized spacial score (nSPS) is 43.9. The largest absolute Gasteiger partial charge is 0.375 e. The van der Waals surface area contributed by atoms with Crippen LogP contribution in [0.4, 0.5) is 0 Å². The average molecular weight is 165 g/mol. The van der Waals surface area contributed by atoms with Gasteiger partial charge in [-0.25, -0.2) is 0 Å². The lowest BCUT2D eigenvalue weighted by molar-refractivity contribution is 0.0257. The second kappa shape index (κ2) is 2.47. The molecule has 2 heteroatoms. The Labute approximate surface area is 73.2 Å². The average Bonchev–Trinajstić information content (AvgIpc) is 2.64. The van der Waals surface area contributed by atoms with Crippen LogP contribution in [-0.2, 0) is 0 Å². The van der Waals surface area contributed by atoms with E-state index in [1.165, 1.54) is 19.3 Å². The number of rotatable bonds is 1. The van der Waals surface area contributed by atoms with Crippen molar-refractivity contribution in [3.05, 3.63) is 0 Å². The van der Waals surface area contributed by atoms with Gasteiger partial charge in [-0.2, -0.15) is 5.26 Å². The summed E-state index contributed by atoms with van der Waals surface area (Å²) in [7, 11) is 0. The van der Waals surface area contributed by atoms with Crippen molar-refractivity contribution in [1.29, 1.82) is 5.26 Å². The van der Waals surface area contributed by atoms with E-state index < -0.39 is 5.60 Å². The van der Waals surface area contributed by atoms with E-state index in [2.05, 4.69) is 0 Å². The molecule has 4 unspecified atom stereocenters. The van der Waals surface area contributed by atoms with E-state index in [1.807, 2.05) is 6.07 Å². The Morgan fingerprint density at radius 2 is 2.17 bits per heavy atom. The molecule has 66 valence electrons. The fraction of sp³-hybridized carbons (Fsp3) is 0.900. The number of nitrogens with zero attached hydrogens (tertiary/aromatic N) is 1. The molecule has 2 bridgehead atoms. The fourth-order valence-electron chi connectivity index (χ4n) is 3.02. The van der Waals surface area contributed by atoms with Crippen LogP contribution in [-0.4, -0.2) is 10.7 Å². The Morgan fingerprint density at radius 1 is 1.42 bits per heavy atom. The molecule has 2 saturated carbocycles. The van der Waals surface area contributed by atoms with Crippen molar-refractivity contribution < 1.29 is 5.11 Å².